The number of hydrogen-bond donors (Lipinski definition) is 0. The van der Waals surface area contributed by atoms with E-state index in [9.17, 15) is 9.59 Å². The van der Waals surface area contributed by atoms with E-state index in [2.05, 4.69) is 6.58 Å². The van der Waals surface area contributed by atoms with Gasteiger partial charge in [-0.25, -0.2) is 0 Å². The fourth-order valence-corrected chi connectivity index (χ4v) is 3.35. The van der Waals surface area contributed by atoms with Gasteiger partial charge < -0.3 is 9.47 Å². The Morgan fingerprint density at radius 2 is 1.96 bits per heavy atom. The van der Waals surface area contributed by atoms with Crippen molar-refractivity contribution < 1.29 is 19.1 Å². The molecule has 4 nitrogen and oxygen atoms in total. The largest absolute Gasteiger partial charge is 0.459 e. The van der Waals surface area contributed by atoms with Crippen LogP contribution in [0.15, 0.2) is 49.1 Å². The van der Waals surface area contributed by atoms with Gasteiger partial charge in [0.25, 0.3) is 0 Å². The molecule has 0 aliphatic heterocycles. The molecule has 27 heavy (non-hydrogen) atoms. The molecule has 146 valence electrons. The van der Waals surface area contributed by atoms with Crippen LogP contribution >= 0.6 is 0 Å². The Balaban J connectivity index is 2.42. The van der Waals surface area contributed by atoms with Crippen LogP contribution in [0.5, 0.6) is 0 Å². The van der Waals surface area contributed by atoms with Gasteiger partial charge in [0.2, 0.25) is 0 Å². The maximum Gasteiger partial charge on any atom is 0.323 e. The van der Waals surface area contributed by atoms with E-state index in [-0.39, 0.29) is 12.4 Å². The molecular weight excluding hydrogens is 340 g/mol. The molecule has 1 aliphatic carbocycles. The molecule has 0 aromatic heterocycles. The first-order chi connectivity index (χ1) is 12.8. The van der Waals surface area contributed by atoms with Gasteiger partial charge in [-0.3, -0.25) is 9.59 Å². The van der Waals surface area contributed by atoms with E-state index in [1.165, 1.54) is 0 Å². The summed E-state index contributed by atoms with van der Waals surface area (Å²) in [5.41, 5.74) is -0.999. The minimum absolute atomic E-state index is 0.102. The quantitative estimate of drug-likeness (QED) is 0.395. The molecule has 1 aromatic rings. The summed E-state index contributed by atoms with van der Waals surface area (Å²) >= 11 is 0. The van der Waals surface area contributed by atoms with Crippen molar-refractivity contribution in [2.24, 2.45) is 5.41 Å². The van der Waals surface area contributed by atoms with Crippen LogP contribution in [0.4, 0.5) is 0 Å². The topological polar surface area (TPSA) is 52.6 Å². The summed E-state index contributed by atoms with van der Waals surface area (Å²) in [4.78, 5) is 26.2. The summed E-state index contributed by atoms with van der Waals surface area (Å²) in [5, 5.41) is 0. The van der Waals surface area contributed by atoms with E-state index in [0.717, 1.165) is 18.4 Å². The maximum atomic E-state index is 13.2. The lowest BCUT2D eigenvalue weighted by atomic mass is 9.68. The van der Waals surface area contributed by atoms with E-state index >= 15 is 0 Å². The Labute approximate surface area is 162 Å². The third-order valence-electron chi connectivity index (χ3n) is 4.63. The smallest absolute Gasteiger partial charge is 0.323 e. The third-order valence-corrected chi connectivity index (χ3v) is 4.63. The van der Waals surface area contributed by atoms with Gasteiger partial charge in [0, 0.05) is 6.42 Å². The van der Waals surface area contributed by atoms with E-state index in [1.807, 2.05) is 63.3 Å². The second-order valence-corrected chi connectivity index (χ2v) is 7.92. The average Bonchev–Trinajstić information content (AvgIpc) is 2.62. The number of ketones is 1. The summed E-state index contributed by atoms with van der Waals surface area (Å²) in [5.74, 6) is -0.596. The van der Waals surface area contributed by atoms with Crippen molar-refractivity contribution in [2.45, 2.75) is 58.2 Å². The van der Waals surface area contributed by atoms with Crippen molar-refractivity contribution in [3.63, 3.8) is 0 Å². The number of carbonyl (C=O) groups excluding carboxylic acids is 2. The minimum Gasteiger partial charge on any atom is -0.459 e. The van der Waals surface area contributed by atoms with Gasteiger partial charge in [0.05, 0.1) is 12.7 Å². The number of rotatable bonds is 7. The number of benzene rings is 1. The van der Waals surface area contributed by atoms with Crippen molar-refractivity contribution in [1.29, 1.82) is 0 Å². The first-order valence-electron chi connectivity index (χ1n) is 9.52. The van der Waals surface area contributed by atoms with Crippen LogP contribution in [0.2, 0.25) is 0 Å². The zero-order chi connectivity index (χ0) is 19.9. The molecule has 0 spiro atoms. The predicted molar refractivity (Wildman–Crippen MR) is 107 cm³/mol. The molecule has 0 bridgehead atoms. The number of Topliss-reactive ketones (excluding diaryl/α,β-unsaturated/α-hetero) is 1. The molecule has 0 amide bonds. The van der Waals surface area contributed by atoms with Crippen molar-refractivity contribution in [1.82, 2.24) is 0 Å². The fraction of sp³-hybridized carbons (Fsp3) is 0.478. The predicted octanol–water partition coefficient (Wildman–Crippen LogP) is 4.74. The van der Waals surface area contributed by atoms with Crippen LogP contribution < -0.4 is 0 Å². The van der Waals surface area contributed by atoms with Gasteiger partial charge in [0.1, 0.15) is 5.60 Å². The summed E-state index contributed by atoms with van der Waals surface area (Å²) < 4.78 is 11.6. The maximum absolute atomic E-state index is 13.2. The highest BCUT2D eigenvalue weighted by molar-refractivity contribution is 6.05. The minimum atomic E-state index is -1.31. The molecule has 2 unspecified atom stereocenters. The molecule has 4 heteroatoms. The number of hydrogen-bond acceptors (Lipinski definition) is 4. The third kappa shape index (κ3) is 5.39. The van der Waals surface area contributed by atoms with Crippen LogP contribution in [-0.4, -0.2) is 30.1 Å². The van der Waals surface area contributed by atoms with Crippen LogP contribution in [0.1, 0.15) is 52.0 Å². The van der Waals surface area contributed by atoms with E-state index in [1.54, 1.807) is 6.08 Å². The van der Waals surface area contributed by atoms with Crippen molar-refractivity contribution in [2.75, 3.05) is 6.61 Å². The van der Waals surface area contributed by atoms with Crippen molar-refractivity contribution in [3.05, 3.63) is 54.6 Å². The molecule has 2 rings (SSSR count). The summed E-state index contributed by atoms with van der Waals surface area (Å²) in [7, 11) is 0. The SMILES string of the molecule is C=CCOC(/C=C/c1ccccc1)C1(C(=O)OC(C)(C)C)CCCCC1=O. The lowest BCUT2D eigenvalue weighted by molar-refractivity contribution is -0.180. The standard InChI is InChI=1S/C23H30O4/c1-5-17-26-20(15-14-18-11-7-6-8-12-18)23(16-10-9-13-19(23)24)21(25)27-22(2,3)4/h5-8,11-12,14-15,20H,1,9-10,13,16-17H2,2-4H3/b15-14+. The van der Waals surface area contributed by atoms with Crippen molar-refractivity contribution >= 4 is 17.8 Å². The molecule has 1 aliphatic rings. The van der Waals surface area contributed by atoms with E-state index in [0.29, 0.717) is 12.8 Å². The van der Waals surface area contributed by atoms with Gasteiger partial charge in [-0.1, -0.05) is 55.0 Å². The molecule has 1 fully saturated rings. The lowest BCUT2D eigenvalue weighted by Gasteiger charge is -2.39. The number of ether oxygens (including phenoxy) is 2. The summed E-state index contributed by atoms with van der Waals surface area (Å²) in [6.07, 6.45) is 7.01. The first-order valence-corrected chi connectivity index (χ1v) is 9.52. The Hall–Kier alpha value is -2.20. The Kier molecular flexibility index (Phi) is 7.14. The molecule has 0 heterocycles. The second kappa shape index (κ2) is 9.14. The van der Waals surface area contributed by atoms with Gasteiger partial charge >= 0.3 is 5.97 Å². The molecule has 0 radical (unpaired) electrons. The highest BCUT2D eigenvalue weighted by Crippen LogP contribution is 2.41. The van der Waals surface area contributed by atoms with Gasteiger partial charge in [-0.2, -0.15) is 0 Å². The Morgan fingerprint density at radius 1 is 1.26 bits per heavy atom. The molecule has 1 saturated carbocycles. The lowest BCUT2D eigenvalue weighted by Crippen LogP contribution is -2.53. The van der Waals surface area contributed by atoms with Crippen LogP contribution in [0, 0.1) is 5.41 Å². The normalized spacial score (nSPS) is 21.8. The van der Waals surface area contributed by atoms with Crippen LogP contribution in [0.3, 0.4) is 0 Å². The molecule has 0 saturated heterocycles. The van der Waals surface area contributed by atoms with Gasteiger partial charge in [0.15, 0.2) is 11.2 Å². The Bertz CT molecular complexity index is 684. The van der Waals surface area contributed by atoms with Crippen LogP contribution in [-0.2, 0) is 19.1 Å². The van der Waals surface area contributed by atoms with Crippen molar-refractivity contribution in [3.8, 4) is 0 Å². The van der Waals surface area contributed by atoms with Gasteiger partial charge in [-0.05, 0) is 39.2 Å². The average molecular weight is 370 g/mol. The van der Waals surface area contributed by atoms with Crippen LogP contribution in [0.25, 0.3) is 6.08 Å². The zero-order valence-electron chi connectivity index (χ0n) is 16.6. The summed E-state index contributed by atoms with van der Waals surface area (Å²) in [6, 6.07) is 9.74. The molecule has 2 atom stereocenters. The summed E-state index contributed by atoms with van der Waals surface area (Å²) in [6.45, 7) is 9.38. The number of carbonyl (C=O) groups is 2. The monoisotopic (exact) mass is 370 g/mol. The molecule has 1 aromatic carbocycles. The second-order valence-electron chi connectivity index (χ2n) is 7.92. The van der Waals surface area contributed by atoms with E-state index < -0.39 is 23.1 Å². The first kappa shape index (κ1) is 21.1. The molecular formula is C23H30O4. The molecule has 0 N–H and O–H groups in total. The van der Waals surface area contributed by atoms with Gasteiger partial charge in [-0.15, -0.1) is 6.58 Å². The zero-order valence-corrected chi connectivity index (χ0v) is 16.6. The van der Waals surface area contributed by atoms with E-state index in [4.69, 9.17) is 9.47 Å². The highest BCUT2D eigenvalue weighted by Gasteiger charge is 2.54. The number of esters is 1. The fourth-order valence-electron chi connectivity index (χ4n) is 3.35. The Morgan fingerprint density at radius 3 is 2.56 bits per heavy atom. The highest BCUT2D eigenvalue weighted by atomic mass is 16.6.